The van der Waals surface area contributed by atoms with Crippen molar-refractivity contribution >= 4 is 0 Å². The van der Waals surface area contributed by atoms with E-state index < -0.39 is 0 Å². The summed E-state index contributed by atoms with van der Waals surface area (Å²) in [5.41, 5.74) is 0.183. The summed E-state index contributed by atoms with van der Waals surface area (Å²) in [6.45, 7) is 5.50. The normalized spacial score (nSPS) is 30.3. The molecule has 0 radical (unpaired) electrons. The Balaban J connectivity index is 1.77. The Bertz CT molecular complexity index is 263. The first-order valence-electron chi connectivity index (χ1n) is 8.07. The smallest absolute Gasteiger partial charge is 0.0698 e. The fourth-order valence-electron chi connectivity index (χ4n) is 3.36. The van der Waals surface area contributed by atoms with E-state index in [4.69, 9.17) is 9.47 Å². The number of hydrogen-bond acceptors (Lipinski definition) is 3. The molecule has 0 amide bonds. The van der Waals surface area contributed by atoms with E-state index in [0.717, 1.165) is 13.0 Å². The Morgan fingerprint density at radius 3 is 2.47 bits per heavy atom. The molecule has 3 heteroatoms. The molecule has 0 saturated heterocycles. The lowest BCUT2D eigenvalue weighted by Gasteiger charge is -2.46. The van der Waals surface area contributed by atoms with E-state index in [0.29, 0.717) is 18.2 Å². The number of hydrogen-bond donors (Lipinski definition) is 1. The van der Waals surface area contributed by atoms with Gasteiger partial charge in [-0.3, -0.25) is 0 Å². The lowest BCUT2D eigenvalue weighted by molar-refractivity contribution is -0.162. The van der Waals surface area contributed by atoms with Crippen LogP contribution in [0.2, 0.25) is 0 Å². The van der Waals surface area contributed by atoms with Crippen LogP contribution in [0.4, 0.5) is 0 Å². The topological polar surface area (TPSA) is 30.5 Å². The average molecular weight is 269 g/mol. The maximum absolute atomic E-state index is 6.51. The van der Waals surface area contributed by atoms with Gasteiger partial charge in [-0.2, -0.15) is 0 Å². The quantitative estimate of drug-likeness (QED) is 0.769. The van der Waals surface area contributed by atoms with Crippen molar-refractivity contribution in [3.05, 3.63) is 0 Å². The van der Waals surface area contributed by atoms with Gasteiger partial charge in [0.15, 0.2) is 0 Å². The van der Waals surface area contributed by atoms with Gasteiger partial charge in [0.05, 0.1) is 17.8 Å². The van der Waals surface area contributed by atoms with Gasteiger partial charge in [-0.05, 0) is 57.9 Å². The lowest BCUT2D eigenvalue weighted by atomic mass is 9.77. The molecule has 0 heterocycles. The van der Waals surface area contributed by atoms with Gasteiger partial charge < -0.3 is 14.8 Å². The van der Waals surface area contributed by atoms with E-state index in [1.807, 2.05) is 7.11 Å². The summed E-state index contributed by atoms with van der Waals surface area (Å²) in [4.78, 5) is 0. The van der Waals surface area contributed by atoms with Gasteiger partial charge in [0.1, 0.15) is 0 Å². The average Bonchev–Trinajstić information content (AvgIpc) is 2.35. The van der Waals surface area contributed by atoms with Crippen LogP contribution >= 0.6 is 0 Å². The van der Waals surface area contributed by atoms with E-state index in [-0.39, 0.29) is 5.60 Å². The first-order chi connectivity index (χ1) is 9.13. The molecule has 2 fully saturated rings. The monoisotopic (exact) mass is 269 g/mol. The van der Waals surface area contributed by atoms with E-state index in [9.17, 15) is 0 Å². The third-order valence-electron chi connectivity index (χ3n) is 4.73. The lowest BCUT2D eigenvalue weighted by Crippen LogP contribution is -2.47. The molecule has 2 rings (SSSR count). The molecule has 112 valence electrons. The third kappa shape index (κ3) is 4.44. The van der Waals surface area contributed by atoms with Gasteiger partial charge in [0.25, 0.3) is 0 Å². The fourth-order valence-corrected chi connectivity index (χ4v) is 3.36. The molecule has 0 aromatic rings. The molecule has 0 aromatic heterocycles. The maximum atomic E-state index is 6.51. The van der Waals surface area contributed by atoms with Gasteiger partial charge in [-0.1, -0.05) is 13.8 Å². The molecule has 0 spiro atoms. The van der Waals surface area contributed by atoms with Crippen LogP contribution in [0.3, 0.4) is 0 Å². The standard InChI is InChI=1S/C16H31NO2/c1-13(2)17-11-10-16(8-5-9-16)19-15-7-4-6-14(12-15)18-3/h13-15,17H,4-12H2,1-3H3. The van der Waals surface area contributed by atoms with E-state index in [2.05, 4.69) is 19.2 Å². The molecule has 3 nitrogen and oxygen atoms in total. The van der Waals surface area contributed by atoms with Crippen LogP contribution in [0.5, 0.6) is 0 Å². The number of rotatable bonds is 7. The summed E-state index contributed by atoms with van der Waals surface area (Å²) in [5, 5.41) is 3.52. The van der Waals surface area contributed by atoms with Gasteiger partial charge >= 0.3 is 0 Å². The maximum Gasteiger partial charge on any atom is 0.0698 e. The second-order valence-corrected chi connectivity index (χ2v) is 6.66. The molecular formula is C16H31NO2. The zero-order chi connectivity index (χ0) is 13.7. The predicted molar refractivity (Wildman–Crippen MR) is 78.5 cm³/mol. The highest BCUT2D eigenvalue weighted by Crippen LogP contribution is 2.41. The number of methoxy groups -OCH3 is 1. The molecule has 2 unspecified atom stereocenters. The van der Waals surface area contributed by atoms with Crippen molar-refractivity contribution in [2.45, 2.75) is 89.1 Å². The summed E-state index contributed by atoms with van der Waals surface area (Å²) in [5.74, 6) is 0. The third-order valence-corrected chi connectivity index (χ3v) is 4.73. The number of nitrogens with one attached hydrogen (secondary N) is 1. The summed E-state index contributed by atoms with van der Waals surface area (Å²) in [6.07, 6.45) is 10.6. The van der Waals surface area contributed by atoms with Gasteiger partial charge in [0.2, 0.25) is 0 Å². The second kappa shape index (κ2) is 7.05. The first-order valence-corrected chi connectivity index (χ1v) is 8.07. The highest BCUT2D eigenvalue weighted by Gasteiger charge is 2.40. The van der Waals surface area contributed by atoms with Crippen molar-refractivity contribution in [2.75, 3.05) is 13.7 Å². The Labute approximate surface area is 118 Å². The predicted octanol–water partition coefficient (Wildman–Crippen LogP) is 3.27. The molecular weight excluding hydrogens is 238 g/mol. The second-order valence-electron chi connectivity index (χ2n) is 6.66. The van der Waals surface area contributed by atoms with Crippen molar-refractivity contribution in [2.24, 2.45) is 0 Å². The summed E-state index contributed by atoms with van der Waals surface area (Å²) < 4.78 is 12.0. The van der Waals surface area contributed by atoms with Crippen molar-refractivity contribution in [1.82, 2.24) is 5.32 Å². The Morgan fingerprint density at radius 1 is 1.16 bits per heavy atom. The van der Waals surface area contributed by atoms with Crippen LogP contribution in [0, 0.1) is 0 Å². The van der Waals surface area contributed by atoms with Crippen molar-refractivity contribution in [3.63, 3.8) is 0 Å². The van der Waals surface area contributed by atoms with Gasteiger partial charge in [0, 0.05) is 13.2 Å². The summed E-state index contributed by atoms with van der Waals surface area (Å²) in [6, 6.07) is 0.574. The van der Waals surface area contributed by atoms with Crippen LogP contribution in [-0.2, 0) is 9.47 Å². The van der Waals surface area contributed by atoms with Crippen LogP contribution < -0.4 is 5.32 Å². The van der Waals surface area contributed by atoms with E-state index >= 15 is 0 Å². The molecule has 0 bridgehead atoms. The molecule has 0 aromatic carbocycles. The largest absolute Gasteiger partial charge is 0.381 e. The van der Waals surface area contributed by atoms with Crippen LogP contribution in [0.25, 0.3) is 0 Å². The Hall–Kier alpha value is -0.120. The summed E-state index contributed by atoms with van der Waals surface area (Å²) >= 11 is 0. The molecule has 1 N–H and O–H groups in total. The van der Waals surface area contributed by atoms with Crippen molar-refractivity contribution in [3.8, 4) is 0 Å². The zero-order valence-corrected chi connectivity index (χ0v) is 12.9. The zero-order valence-electron chi connectivity index (χ0n) is 12.9. The Morgan fingerprint density at radius 2 is 1.89 bits per heavy atom. The molecule has 2 atom stereocenters. The molecule has 2 aliphatic rings. The minimum atomic E-state index is 0.183. The van der Waals surface area contributed by atoms with Crippen LogP contribution in [0.1, 0.15) is 65.2 Å². The van der Waals surface area contributed by atoms with Crippen LogP contribution in [0.15, 0.2) is 0 Å². The first kappa shape index (κ1) is 15.3. The van der Waals surface area contributed by atoms with Crippen molar-refractivity contribution < 1.29 is 9.47 Å². The van der Waals surface area contributed by atoms with Crippen molar-refractivity contribution in [1.29, 1.82) is 0 Å². The Kier molecular flexibility index (Phi) is 5.67. The minimum Gasteiger partial charge on any atom is -0.381 e. The van der Waals surface area contributed by atoms with Gasteiger partial charge in [-0.15, -0.1) is 0 Å². The highest BCUT2D eigenvalue weighted by atomic mass is 16.5. The molecule has 2 saturated carbocycles. The fraction of sp³-hybridized carbons (Fsp3) is 1.00. The summed E-state index contributed by atoms with van der Waals surface area (Å²) in [7, 11) is 1.83. The SMILES string of the molecule is COC1CCCC(OC2(CCNC(C)C)CCC2)C1. The molecule has 2 aliphatic carbocycles. The highest BCUT2D eigenvalue weighted by molar-refractivity contribution is 4.92. The van der Waals surface area contributed by atoms with E-state index in [1.165, 1.54) is 44.9 Å². The van der Waals surface area contributed by atoms with E-state index in [1.54, 1.807) is 0 Å². The molecule has 0 aliphatic heterocycles. The van der Waals surface area contributed by atoms with Crippen LogP contribution in [-0.4, -0.2) is 37.5 Å². The minimum absolute atomic E-state index is 0.183. The molecule has 19 heavy (non-hydrogen) atoms. The van der Waals surface area contributed by atoms with Gasteiger partial charge in [-0.25, -0.2) is 0 Å². The number of ether oxygens (including phenoxy) is 2.